The van der Waals surface area contributed by atoms with Crippen LogP contribution in [-0.2, 0) is 0 Å². The molecule has 0 radical (unpaired) electrons. The molecule has 0 saturated carbocycles. The SMILES string of the molecule is ClCC[C@@H](Oc1ccc(-c2ccccc2)cc1)c1ccccc1. The number of hydrogen-bond acceptors (Lipinski definition) is 1. The second-order valence-corrected chi connectivity index (χ2v) is 5.76. The summed E-state index contributed by atoms with van der Waals surface area (Å²) in [4.78, 5) is 0. The molecule has 0 aromatic heterocycles. The van der Waals surface area contributed by atoms with E-state index in [-0.39, 0.29) is 6.10 Å². The predicted molar refractivity (Wildman–Crippen MR) is 97.0 cm³/mol. The van der Waals surface area contributed by atoms with Crippen LogP contribution in [0.15, 0.2) is 84.9 Å². The van der Waals surface area contributed by atoms with Crippen LogP contribution in [0.2, 0.25) is 0 Å². The first kappa shape index (κ1) is 15.6. The van der Waals surface area contributed by atoms with Gasteiger partial charge in [-0.15, -0.1) is 11.6 Å². The molecule has 2 heteroatoms. The van der Waals surface area contributed by atoms with Crippen LogP contribution in [0.4, 0.5) is 0 Å². The van der Waals surface area contributed by atoms with Crippen LogP contribution in [-0.4, -0.2) is 5.88 Å². The zero-order valence-corrected chi connectivity index (χ0v) is 13.6. The van der Waals surface area contributed by atoms with Gasteiger partial charge in [0.15, 0.2) is 0 Å². The number of ether oxygens (including phenoxy) is 1. The van der Waals surface area contributed by atoms with E-state index in [9.17, 15) is 0 Å². The van der Waals surface area contributed by atoms with E-state index in [0.717, 1.165) is 17.7 Å². The van der Waals surface area contributed by atoms with E-state index in [4.69, 9.17) is 16.3 Å². The van der Waals surface area contributed by atoms with Gasteiger partial charge in [-0.25, -0.2) is 0 Å². The standard InChI is InChI=1S/C21H19ClO/c22-16-15-21(19-9-5-2-6-10-19)23-20-13-11-18(12-14-20)17-7-3-1-4-8-17/h1-14,21H,15-16H2/t21-/m1/s1. The summed E-state index contributed by atoms with van der Waals surface area (Å²) in [6, 6.07) is 28.8. The number of alkyl halides is 1. The highest BCUT2D eigenvalue weighted by Gasteiger charge is 2.12. The van der Waals surface area contributed by atoms with Crippen LogP contribution in [0.3, 0.4) is 0 Å². The molecular formula is C21H19ClO. The molecular weight excluding hydrogens is 304 g/mol. The third kappa shape index (κ3) is 4.14. The summed E-state index contributed by atoms with van der Waals surface area (Å²) in [6.07, 6.45) is 0.766. The largest absolute Gasteiger partial charge is 0.486 e. The lowest BCUT2D eigenvalue weighted by Gasteiger charge is -2.19. The molecule has 3 aromatic rings. The normalized spacial score (nSPS) is 11.9. The van der Waals surface area contributed by atoms with Crippen LogP contribution in [0.5, 0.6) is 5.75 Å². The van der Waals surface area contributed by atoms with Gasteiger partial charge in [-0.2, -0.15) is 0 Å². The van der Waals surface area contributed by atoms with Gasteiger partial charge >= 0.3 is 0 Å². The van der Waals surface area contributed by atoms with E-state index in [2.05, 4.69) is 36.4 Å². The first-order valence-corrected chi connectivity index (χ1v) is 8.33. The van der Waals surface area contributed by atoms with E-state index in [1.165, 1.54) is 11.1 Å². The monoisotopic (exact) mass is 322 g/mol. The minimum Gasteiger partial charge on any atom is -0.486 e. The van der Waals surface area contributed by atoms with Gasteiger partial charge in [0.05, 0.1) is 0 Å². The summed E-state index contributed by atoms with van der Waals surface area (Å²) in [5.41, 5.74) is 3.55. The molecule has 0 fully saturated rings. The molecule has 0 spiro atoms. The van der Waals surface area contributed by atoms with Crippen molar-refractivity contribution in [1.29, 1.82) is 0 Å². The minimum atomic E-state index is -0.0173. The lowest BCUT2D eigenvalue weighted by molar-refractivity contribution is 0.202. The van der Waals surface area contributed by atoms with E-state index in [1.807, 2.05) is 48.5 Å². The molecule has 0 bridgehead atoms. The van der Waals surface area contributed by atoms with Crippen LogP contribution in [0, 0.1) is 0 Å². The molecule has 0 unspecified atom stereocenters. The van der Waals surface area contributed by atoms with Crippen molar-refractivity contribution < 1.29 is 4.74 Å². The zero-order chi connectivity index (χ0) is 15.9. The molecule has 1 atom stereocenters. The number of halogens is 1. The second kappa shape index (κ2) is 7.85. The van der Waals surface area contributed by atoms with Gasteiger partial charge in [-0.1, -0.05) is 72.8 Å². The molecule has 116 valence electrons. The van der Waals surface area contributed by atoms with E-state index in [0.29, 0.717) is 5.88 Å². The fourth-order valence-corrected chi connectivity index (χ4v) is 2.78. The first-order chi connectivity index (χ1) is 11.4. The van der Waals surface area contributed by atoms with Crippen molar-refractivity contribution in [3.63, 3.8) is 0 Å². The summed E-state index contributed by atoms with van der Waals surface area (Å²) in [7, 11) is 0. The first-order valence-electron chi connectivity index (χ1n) is 7.80. The van der Waals surface area contributed by atoms with Crippen molar-refractivity contribution in [1.82, 2.24) is 0 Å². The molecule has 0 saturated heterocycles. The second-order valence-electron chi connectivity index (χ2n) is 5.39. The average Bonchev–Trinajstić information content (AvgIpc) is 2.63. The summed E-state index contributed by atoms with van der Waals surface area (Å²) in [5, 5.41) is 0. The molecule has 23 heavy (non-hydrogen) atoms. The molecule has 0 heterocycles. The molecule has 3 aromatic carbocycles. The Balaban J connectivity index is 1.76. The molecule has 0 N–H and O–H groups in total. The van der Waals surface area contributed by atoms with Crippen LogP contribution >= 0.6 is 11.6 Å². The highest BCUT2D eigenvalue weighted by molar-refractivity contribution is 6.17. The van der Waals surface area contributed by atoms with Crippen molar-refractivity contribution in [2.75, 3.05) is 5.88 Å². The number of benzene rings is 3. The Kier molecular flexibility index (Phi) is 5.33. The lowest BCUT2D eigenvalue weighted by Crippen LogP contribution is -2.08. The van der Waals surface area contributed by atoms with E-state index < -0.39 is 0 Å². The molecule has 0 aliphatic heterocycles. The Morgan fingerprint density at radius 3 is 1.87 bits per heavy atom. The van der Waals surface area contributed by atoms with Crippen molar-refractivity contribution in [2.24, 2.45) is 0 Å². The molecule has 3 rings (SSSR count). The Morgan fingerprint density at radius 2 is 1.26 bits per heavy atom. The Morgan fingerprint density at radius 1 is 0.696 bits per heavy atom. The highest BCUT2D eigenvalue weighted by Crippen LogP contribution is 2.27. The third-order valence-corrected chi connectivity index (χ3v) is 4.00. The smallest absolute Gasteiger partial charge is 0.125 e. The Hall–Kier alpha value is -2.25. The summed E-state index contributed by atoms with van der Waals surface area (Å²) < 4.78 is 6.15. The fraction of sp³-hybridized carbons (Fsp3) is 0.143. The van der Waals surface area contributed by atoms with Gasteiger partial charge in [-0.3, -0.25) is 0 Å². The predicted octanol–water partition coefficient (Wildman–Crippen LogP) is 6.10. The summed E-state index contributed by atoms with van der Waals surface area (Å²) >= 11 is 5.94. The maximum absolute atomic E-state index is 6.15. The molecule has 0 aliphatic carbocycles. The van der Waals surface area contributed by atoms with Crippen molar-refractivity contribution in [3.8, 4) is 16.9 Å². The van der Waals surface area contributed by atoms with Crippen LogP contribution in [0.25, 0.3) is 11.1 Å². The maximum Gasteiger partial charge on any atom is 0.125 e. The quantitative estimate of drug-likeness (QED) is 0.498. The van der Waals surface area contributed by atoms with Gasteiger partial charge in [-0.05, 0) is 28.8 Å². The van der Waals surface area contributed by atoms with Gasteiger partial charge in [0, 0.05) is 12.3 Å². The molecule has 0 aliphatic rings. The molecule has 1 nitrogen and oxygen atoms in total. The summed E-state index contributed by atoms with van der Waals surface area (Å²) in [5.74, 6) is 1.44. The number of hydrogen-bond donors (Lipinski definition) is 0. The van der Waals surface area contributed by atoms with Crippen LogP contribution in [0.1, 0.15) is 18.1 Å². The van der Waals surface area contributed by atoms with E-state index in [1.54, 1.807) is 0 Å². The van der Waals surface area contributed by atoms with Gasteiger partial charge in [0.1, 0.15) is 11.9 Å². The lowest BCUT2D eigenvalue weighted by atomic mass is 10.1. The van der Waals surface area contributed by atoms with Gasteiger partial charge in [0.25, 0.3) is 0 Å². The van der Waals surface area contributed by atoms with Gasteiger partial charge < -0.3 is 4.74 Å². The Labute approximate surface area is 142 Å². The van der Waals surface area contributed by atoms with Crippen molar-refractivity contribution in [3.05, 3.63) is 90.5 Å². The van der Waals surface area contributed by atoms with Crippen molar-refractivity contribution >= 4 is 11.6 Å². The topological polar surface area (TPSA) is 9.23 Å². The highest BCUT2D eigenvalue weighted by atomic mass is 35.5. The zero-order valence-electron chi connectivity index (χ0n) is 12.9. The third-order valence-electron chi connectivity index (χ3n) is 3.78. The van der Waals surface area contributed by atoms with Crippen LogP contribution < -0.4 is 4.74 Å². The fourth-order valence-electron chi connectivity index (χ4n) is 2.58. The maximum atomic E-state index is 6.15. The average molecular weight is 323 g/mol. The van der Waals surface area contributed by atoms with Gasteiger partial charge in [0.2, 0.25) is 0 Å². The van der Waals surface area contributed by atoms with E-state index >= 15 is 0 Å². The number of rotatable bonds is 6. The van der Waals surface area contributed by atoms with Crippen molar-refractivity contribution in [2.45, 2.75) is 12.5 Å². The molecule has 0 amide bonds. The Bertz CT molecular complexity index is 708. The minimum absolute atomic E-state index is 0.0173. The summed E-state index contributed by atoms with van der Waals surface area (Å²) in [6.45, 7) is 0.